The fourth-order valence-corrected chi connectivity index (χ4v) is 2.68. The summed E-state index contributed by atoms with van der Waals surface area (Å²) in [6.45, 7) is 0.559. The molecule has 5 heteroatoms. The third-order valence-electron chi connectivity index (χ3n) is 3.77. The zero-order chi connectivity index (χ0) is 17.6. The van der Waals surface area contributed by atoms with E-state index < -0.39 is 5.97 Å². The Labute approximate surface area is 151 Å². The van der Waals surface area contributed by atoms with Crippen LogP contribution in [0.1, 0.15) is 15.9 Å². The minimum atomic E-state index is -0.421. The molecule has 0 spiro atoms. The first kappa shape index (κ1) is 17.0. The van der Waals surface area contributed by atoms with E-state index in [0.717, 1.165) is 11.3 Å². The lowest BCUT2D eigenvalue weighted by Gasteiger charge is -2.25. The van der Waals surface area contributed by atoms with Gasteiger partial charge in [-0.1, -0.05) is 41.9 Å². The van der Waals surface area contributed by atoms with Crippen molar-refractivity contribution in [1.82, 2.24) is 4.98 Å². The quantitative estimate of drug-likeness (QED) is 0.615. The zero-order valence-corrected chi connectivity index (χ0v) is 14.5. The standard InChI is InChI=1S/C20H17ClN2O2/c1-25-20(24)18-8-5-13-22-19(18)23(14-15-6-3-2-4-7-15)17-11-9-16(21)10-12-17/h2-13H,14H2,1H3. The molecule has 0 saturated heterocycles. The van der Waals surface area contributed by atoms with E-state index in [1.807, 2.05) is 59.5 Å². The summed E-state index contributed by atoms with van der Waals surface area (Å²) in [5, 5.41) is 0.651. The Hall–Kier alpha value is -2.85. The molecule has 0 unspecified atom stereocenters. The molecule has 3 aromatic rings. The number of methoxy groups -OCH3 is 1. The van der Waals surface area contributed by atoms with Crippen LogP contribution < -0.4 is 4.90 Å². The molecule has 1 heterocycles. The van der Waals surface area contributed by atoms with Crippen LogP contribution in [0.4, 0.5) is 11.5 Å². The molecule has 0 atom stereocenters. The second-order valence-electron chi connectivity index (χ2n) is 5.41. The van der Waals surface area contributed by atoms with Crippen LogP contribution in [-0.2, 0) is 11.3 Å². The van der Waals surface area contributed by atoms with Crippen LogP contribution in [0, 0.1) is 0 Å². The minimum Gasteiger partial charge on any atom is -0.465 e. The third-order valence-corrected chi connectivity index (χ3v) is 4.02. The van der Waals surface area contributed by atoms with E-state index in [4.69, 9.17) is 16.3 Å². The maximum Gasteiger partial charge on any atom is 0.341 e. The molecule has 0 aliphatic rings. The van der Waals surface area contributed by atoms with Crippen molar-refractivity contribution in [2.24, 2.45) is 0 Å². The van der Waals surface area contributed by atoms with E-state index in [1.54, 1.807) is 18.3 Å². The summed E-state index contributed by atoms with van der Waals surface area (Å²) in [5.74, 6) is 0.121. The molecule has 0 saturated carbocycles. The number of aromatic nitrogens is 1. The van der Waals surface area contributed by atoms with E-state index in [2.05, 4.69) is 4.98 Å². The molecular formula is C20H17ClN2O2. The van der Waals surface area contributed by atoms with Gasteiger partial charge in [-0.3, -0.25) is 0 Å². The number of benzene rings is 2. The van der Waals surface area contributed by atoms with Crippen LogP contribution in [0.3, 0.4) is 0 Å². The summed E-state index contributed by atoms with van der Waals surface area (Å²) >= 11 is 6.02. The van der Waals surface area contributed by atoms with Crippen LogP contribution in [0.2, 0.25) is 5.02 Å². The number of hydrogen-bond acceptors (Lipinski definition) is 4. The number of hydrogen-bond donors (Lipinski definition) is 0. The molecule has 0 bridgehead atoms. The first-order chi connectivity index (χ1) is 12.2. The fourth-order valence-electron chi connectivity index (χ4n) is 2.56. The van der Waals surface area contributed by atoms with Gasteiger partial charge in [-0.05, 0) is 42.0 Å². The lowest BCUT2D eigenvalue weighted by molar-refractivity contribution is 0.0601. The molecule has 0 fully saturated rings. The van der Waals surface area contributed by atoms with Crippen molar-refractivity contribution in [1.29, 1.82) is 0 Å². The number of ether oxygens (including phenoxy) is 1. The molecule has 25 heavy (non-hydrogen) atoms. The Morgan fingerprint density at radius 3 is 2.44 bits per heavy atom. The van der Waals surface area contributed by atoms with Gasteiger partial charge in [-0.2, -0.15) is 0 Å². The number of pyridine rings is 1. The molecule has 4 nitrogen and oxygen atoms in total. The van der Waals surface area contributed by atoms with Gasteiger partial charge >= 0.3 is 5.97 Å². The van der Waals surface area contributed by atoms with Gasteiger partial charge in [0.15, 0.2) is 0 Å². The molecular weight excluding hydrogens is 336 g/mol. The smallest absolute Gasteiger partial charge is 0.341 e. The molecule has 0 aliphatic heterocycles. The van der Waals surface area contributed by atoms with Gasteiger partial charge in [0.1, 0.15) is 11.4 Å². The summed E-state index contributed by atoms with van der Waals surface area (Å²) in [5.41, 5.74) is 2.40. The monoisotopic (exact) mass is 352 g/mol. The highest BCUT2D eigenvalue weighted by atomic mass is 35.5. The molecule has 0 aliphatic carbocycles. The summed E-state index contributed by atoms with van der Waals surface area (Å²) in [6.07, 6.45) is 1.66. The topological polar surface area (TPSA) is 42.4 Å². The van der Waals surface area contributed by atoms with E-state index in [9.17, 15) is 4.79 Å². The van der Waals surface area contributed by atoms with Crippen LogP contribution in [0.25, 0.3) is 0 Å². The average Bonchev–Trinajstić information content (AvgIpc) is 2.67. The Kier molecular flexibility index (Phi) is 5.31. The van der Waals surface area contributed by atoms with Gasteiger partial charge in [0.25, 0.3) is 0 Å². The van der Waals surface area contributed by atoms with E-state index in [0.29, 0.717) is 22.9 Å². The molecule has 1 aromatic heterocycles. The van der Waals surface area contributed by atoms with Crippen molar-refractivity contribution in [2.75, 3.05) is 12.0 Å². The number of esters is 1. The fraction of sp³-hybridized carbons (Fsp3) is 0.100. The molecule has 2 aromatic carbocycles. The summed E-state index contributed by atoms with van der Waals surface area (Å²) < 4.78 is 4.91. The number of rotatable bonds is 5. The van der Waals surface area contributed by atoms with Crippen LogP contribution >= 0.6 is 11.6 Å². The summed E-state index contributed by atoms with van der Waals surface area (Å²) in [6, 6.07) is 20.9. The predicted octanol–water partition coefficient (Wildman–Crippen LogP) is 4.86. The maximum atomic E-state index is 12.2. The Balaban J connectivity index is 2.08. The highest BCUT2D eigenvalue weighted by Gasteiger charge is 2.20. The molecule has 0 radical (unpaired) electrons. The normalized spacial score (nSPS) is 10.3. The number of nitrogens with zero attached hydrogens (tertiary/aromatic N) is 2. The maximum absolute atomic E-state index is 12.2. The third kappa shape index (κ3) is 3.98. The highest BCUT2D eigenvalue weighted by Crippen LogP contribution is 2.30. The van der Waals surface area contributed by atoms with Crippen molar-refractivity contribution in [3.8, 4) is 0 Å². The second-order valence-corrected chi connectivity index (χ2v) is 5.85. The van der Waals surface area contributed by atoms with Gasteiger partial charge in [0, 0.05) is 23.5 Å². The highest BCUT2D eigenvalue weighted by molar-refractivity contribution is 6.30. The van der Waals surface area contributed by atoms with Gasteiger partial charge in [0.2, 0.25) is 0 Å². The molecule has 126 valence electrons. The second kappa shape index (κ2) is 7.81. The van der Waals surface area contributed by atoms with Crippen LogP contribution in [-0.4, -0.2) is 18.1 Å². The molecule has 0 N–H and O–H groups in total. The zero-order valence-electron chi connectivity index (χ0n) is 13.7. The van der Waals surface area contributed by atoms with Gasteiger partial charge in [-0.25, -0.2) is 9.78 Å². The Morgan fingerprint density at radius 2 is 1.76 bits per heavy atom. The lowest BCUT2D eigenvalue weighted by atomic mass is 10.1. The van der Waals surface area contributed by atoms with E-state index in [-0.39, 0.29) is 0 Å². The van der Waals surface area contributed by atoms with Crippen LogP contribution in [0.5, 0.6) is 0 Å². The van der Waals surface area contributed by atoms with Crippen molar-refractivity contribution >= 4 is 29.1 Å². The number of anilines is 2. The summed E-state index contributed by atoms with van der Waals surface area (Å²) in [7, 11) is 1.36. The number of carbonyl (C=O) groups is 1. The minimum absolute atomic E-state index is 0.413. The SMILES string of the molecule is COC(=O)c1cccnc1N(Cc1ccccc1)c1ccc(Cl)cc1. The van der Waals surface area contributed by atoms with Gasteiger partial charge < -0.3 is 9.64 Å². The van der Waals surface area contributed by atoms with Crippen molar-refractivity contribution in [2.45, 2.75) is 6.54 Å². The summed E-state index contributed by atoms with van der Waals surface area (Å²) in [4.78, 5) is 18.6. The first-order valence-electron chi connectivity index (χ1n) is 7.79. The predicted molar refractivity (Wildman–Crippen MR) is 99.3 cm³/mol. The van der Waals surface area contributed by atoms with E-state index >= 15 is 0 Å². The van der Waals surface area contributed by atoms with Gasteiger partial charge in [-0.15, -0.1) is 0 Å². The molecule has 3 rings (SSSR count). The average molecular weight is 353 g/mol. The Morgan fingerprint density at radius 1 is 1.04 bits per heavy atom. The largest absolute Gasteiger partial charge is 0.465 e. The number of carbonyl (C=O) groups excluding carboxylic acids is 1. The first-order valence-corrected chi connectivity index (χ1v) is 8.17. The van der Waals surface area contributed by atoms with Crippen molar-refractivity contribution in [3.63, 3.8) is 0 Å². The lowest BCUT2D eigenvalue weighted by Crippen LogP contribution is -2.21. The van der Waals surface area contributed by atoms with Crippen molar-refractivity contribution < 1.29 is 9.53 Å². The molecule has 0 amide bonds. The van der Waals surface area contributed by atoms with Gasteiger partial charge in [0.05, 0.1) is 7.11 Å². The van der Waals surface area contributed by atoms with E-state index in [1.165, 1.54) is 7.11 Å². The van der Waals surface area contributed by atoms with Crippen molar-refractivity contribution in [3.05, 3.63) is 89.1 Å². The Bertz CT molecular complexity index is 851. The van der Waals surface area contributed by atoms with Crippen LogP contribution in [0.15, 0.2) is 72.9 Å². The number of halogens is 1.